The zero-order valence-corrected chi connectivity index (χ0v) is 37.0. The fourth-order valence-corrected chi connectivity index (χ4v) is 13.1. The van der Waals surface area contributed by atoms with Gasteiger partial charge in [0.2, 0.25) is 0 Å². The normalized spacial score (nSPS) is 13.4. The molecule has 1 aliphatic carbocycles. The molecule has 0 radical (unpaired) electrons. The van der Waals surface area contributed by atoms with Gasteiger partial charge in [-0.1, -0.05) is 176 Å². The number of fused-ring (bicyclic) bond motifs is 15. The highest BCUT2D eigenvalue weighted by molar-refractivity contribution is 7.99. The Balaban J connectivity index is 1.05. The SMILES string of the molecule is c1ccc2c(c1)Sc1ccccc1C21c2ccccc2-c2ccc(N(c3ccc4c(c3)oc3ccccc34)c3ccc4c5ccccc5n(-c5cccc6ccccc56)c4c3)c3cccc1c23. The van der Waals surface area contributed by atoms with Gasteiger partial charge < -0.3 is 13.9 Å². The highest BCUT2D eigenvalue weighted by atomic mass is 32.2. The van der Waals surface area contributed by atoms with E-state index in [1.807, 2.05) is 17.8 Å². The first-order chi connectivity index (χ1) is 33.2. The number of nitrogens with zero attached hydrogens (tertiary/aromatic N) is 2. The van der Waals surface area contributed by atoms with E-state index in [9.17, 15) is 0 Å². The van der Waals surface area contributed by atoms with Gasteiger partial charge in [-0.3, -0.25) is 0 Å². The minimum Gasteiger partial charge on any atom is -0.456 e. The fourth-order valence-electron chi connectivity index (χ4n) is 11.9. The molecule has 0 N–H and O–H groups in total. The highest BCUT2D eigenvalue weighted by Gasteiger charge is 2.48. The number of furan rings is 1. The van der Waals surface area contributed by atoms with Crippen LogP contribution in [0.15, 0.2) is 245 Å². The maximum atomic E-state index is 6.64. The first-order valence-electron chi connectivity index (χ1n) is 23.0. The molecule has 13 aromatic rings. The van der Waals surface area contributed by atoms with E-state index in [0.717, 1.165) is 50.2 Å². The van der Waals surface area contributed by atoms with Crippen LogP contribution >= 0.6 is 11.8 Å². The smallest absolute Gasteiger partial charge is 0.137 e. The molecular weight excluding hydrogens is 833 g/mol. The van der Waals surface area contributed by atoms with Gasteiger partial charge >= 0.3 is 0 Å². The molecule has 0 atom stereocenters. The van der Waals surface area contributed by atoms with E-state index in [0.29, 0.717) is 0 Å². The summed E-state index contributed by atoms with van der Waals surface area (Å²) in [4.78, 5) is 5.05. The summed E-state index contributed by atoms with van der Waals surface area (Å²) in [6, 6.07) is 85.3. The third-order valence-corrected chi connectivity index (χ3v) is 15.8. The van der Waals surface area contributed by atoms with Gasteiger partial charge in [0.15, 0.2) is 0 Å². The quantitative estimate of drug-likeness (QED) is 0.176. The first-order valence-corrected chi connectivity index (χ1v) is 23.8. The monoisotopic (exact) mass is 870 g/mol. The van der Waals surface area contributed by atoms with Crippen LogP contribution in [0.5, 0.6) is 0 Å². The van der Waals surface area contributed by atoms with Gasteiger partial charge in [-0.05, 0) is 105 Å². The molecule has 0 amide bonds. The summed E-state index contributed by atoms with van der Waals surface area (Å²) in [5, 5.41) is 9.56. The van der Waals surface area contributed by atoms with Crippen LogP contribution in [0.1, 0.15) is 22.3 Å². The summed E-state index contributed by atoms with van der Waals surface area (Å²) in [7, 11) is 0. The van der Waals surface area contributed by atoms with Crippen LogP contribution in [0.3, 0.4) is 0 Å². The zero-order chi connectivity index (χ0) is 43.8. The van der Waals surface area contributed by atoms with Crippen LogP contribution in [-0.4, -0.2) is 4.57 Å². The van der Waals surface area contributed by atoms with E-state index >= 15 is 0 Å². The van der Waals surface area contributed by atoms with Crippen molar-refractivity contribution < 1.29 is 4.42 Å². The largest absolute Gasteiger partial charge is 0.456 e. The lowest BCUT2D eigenvalue weighted by atomic mass is 9.59. The van der Waals surface area contributed by atoms with Crippen LogP contribution in [0.4, 0.5) is 17.1 Å². The molecule has 67 heavy (non-hydrogen) atoms. The zero-order valence-electron chi connectivity index (χ0n) is 36.2. The Kier molecular flexibility index (Phi) is 7.64. The molecule has 0 fully saturated rings. The van der Waals surface area contributed by atoms with Gasteiger partial charge in [-0.25, -0.2) is 0 Å². The van der Waals surface area contributed by atoms with E-state index < -0.39 is 5.41 Å². The average Bonchev–Trinajstić information content (AvgIpc) is 3.93. The molecule has 3 heterocycles. The summed E-state index contributed by atoms with van der Waals surface area (Å²) in [5.41, 5.74) is 15.7. The highest BCUT2D eigenvalue weighted by Crippen LogP contribution is 2.62. The first kappa shape index (κ1) is 37.0. The lowest BCUT2D eigenvalue weighted by Crippen LogP contribution is -2.36. The molecule has 0 saturated heterocycles. The Morgan fingerprint density at radius 2 is 0.985 bits per heavy atom. The molecule has 1 aliphatic heterocycles. The summed E-state index contributed by atoms with van der Waals surface area (Å²) in [6.07, 6.45) is 0. The number of hydrogen-bond donors (Lipinski definition) is 0. The second kappa shape index (κ2) is 13.9. The van der Waals surface area contributed by atoms with Crippen molar-refractivity contribution in [1.29, 1.82) is 0 Å². The molecule has 0 unspecified atom stereocenters. The second-order valence-electron chi connectivity index (χ2n) is 17.9. The van der Waals surface area contributed by atoms with Crippen molar-refractivity contribution in [2.24, 2.45) is 0 Å². The van der Waals surface area contributed by atoms with Gasteiger partial charge in [-0.15, -0.1) is 0 Å². The number of aromatic nitrogens is 1. The molecule has 11 aromatic carbocycles. The second-order valence-corrected chi connectivity index (χ2v) is 19.0. The maximum absolute atomic E-state index is 6.64. The van der Waals surface area contributed by atoms with Crippen molar-refractivity contribution in [3.63, 3.8) is 0 Å². The van der Waals surface area contributed by atoms with Crippen molar-refractivity contribution in [1.82, 2.24) is 4.57 Å². The van der Waals surface area contributed by atoms with Gasteiger partial charge in [0, 0.05) is 59.5 Å². The minimum atomic E-state index is -0.531. The van der Waals surface area contributed by atoms with E-state index in [1.165, 1.54) is 81.0 Å². The van der Waals surface area contributed by atoms with Crippen molar-refractivity contribution in [3.05, 3.63) is 253 Å². The third kappa shape index (κ3) is 5.03. The topological polar surface area (TPSA) is 21.3 Å². The molecular formula is C63H38N2OS. The lowest BCUT2D eigenvalue weighted by molar-refractivity contribution is 0.669. The molecule has 2 aromatic heterocycles. The van der Waals surface area contributed by atoms with E-state index in [2.05, 4.69) is 234 Å². The Labute approximate surface area is 390 Å². The summed E-state index contributed by atoms with van der Waals surface area (Å²) in [5.74, 6) is 0. The van der Waals surface area contributed by atoms with Crippen molar-refractivity contribution in [2.45, 2.75) is 15.2 Å². The van der Waals surface area contributed by atoms with Crippen molar-refractivity contribution in [3.8, 4) is 16.8 Å². The fraction of sp³-hybridized carbons (Fsp3) is 0.0159. The molecule has 3 nitrogen and oxygen atoms in total. The molecule has 1 spiro atoms. The molecule has 0 saturated carbocycles. The Hall–Kier alpha value is -8.31. The number of hydrogen-bond acceptors (Lipinski definition) is 3. The third-order valence-electron chi connectivity index (χ3n) is 14.6. The van der Waals surface area contributed by atoms with E-state index in [-0.39, 0.29) is 0 Å². The Morgan fingerprint density at radius 3 is 1.84 bits per heavy atom. The van der Waals surface area contributed by atoms with Gasteiger partial charge in [0.1, 0.15) is 11.2 Å². The number of rotatable bonds is 4. The summed E-state index contributed by atoms with van der Waals surface area (Å²) in [6.45, 7) is 0. The van der Waals surface area contributed by atoms with Gasteiger partial charge in [-0.2, -0.15) is 0 Å². The predicted octanol–water partition coefficient (Wildman–Crippen LogP) is 17.3. The van der Waals surface area contributed by atoms with E-state index in [4.69, 9.17) is 4.42 Å². The number of anilines is 3. The summed E-state index contributed by atoms with van der Waals surface area (Å²) < 4.78 is 9.11. The van der Waals surface area contributed by atoms with Crippen LogP contribution in [0, 0.1) is 0 Å². The predicted molar refractivity (Wildman–Crippen MR) is 279 cm³/mol. The summed E-state index contributed by atoms with van der Waals surface area (Å²) >= 11 is 1.88. The van der Waals surface area contributed by atoms with Crippen LogP contribution in [0.25, 0.3) is 82.1 Å². The molecule has 4 heteroatoms. The molecule has 312 valence electrons. The van der Waals surface area contributed by atoms with E-state index in [1.54, 1.807) is 0 Å². The minimum absolute atomic E-state index is 0.531. The molecule has 15 rings (SSSR count). The standard InChI is InChI=1S/C63H38N2OS/c1-2-17-42-39(15-1)16-13-27-54(42)65-55-26-9-4-19-44(55)45-33-31-40(37-57(45)65)64(41-32-34-47-46-20-5-10-28-58(46)66-59(47)38-41)56-36-35-48-43-18-3-6-22-50(43)63(53-25-14-21-49(56)62(48)53)51-23-7-11-29-60(51)67-61-30-12-8-24-52(61)63/h1-38H. The van der Waals surface area contributed by atoms with Crippen LogP contribution < -0.4 is 4.90 Å². The van der Waals surface area contributed by atoms with Crippen molar-refractivity contribution in [2.75, 3.05) is 4.90 Å². The molecule has 2 aliphatic rings. The maximum Gasteiger partial charge on any atom is 0.137 e. The van der Waals surface area contributed by atoms with Crippen molar-refractivity contribution >= 4 is 94.1 Å². The van der Waals surface area contributed by atoms with Gasteiger partial charge in [0.05, 0.1) is 27.8 Å². The number of benzene rings is 11. The molecule has 0 bridgehead atoms. The Bertz CT molecular complexity index is 4180. The van der Waals surface area contributed by atoms with Gasteiger partial charge in [0.25, 0.3) is 0 Å². The van der Waals surface area contributed by atoms with Crippen LogP contribution in [-0.2, 0) is 5.41 Å². The Morgan fingerprint density at radius 1 is 0.388 bits per heavy atom. The van der Waals surface area contributed by atoms with Crippen LogP contribution in [0.2, 0.25) is 0 Å². The number of para-hydroxylation sites is 2. The lowest BCUT2D eigenvalue weighted by Gasteiger charge is -2.46. The average molecular weight is 871 g/mol.